The van der Waals surface area contributed by atoms with Crippen LogP contribution < -0.4 is 5.32 Å². The predicted molar refractivity (Wildman–Crippen MR) is 91.2 cm³/mol. The molecule has 0 atom stereocenters. The number of hydrogen-bond acceptors (Lipinski definition) is 3. The SMILES string of the molecule is O=C(/C=C/c1cccc([N+](=O)[O-])c1)NC12CC3CC(CC(C3)C1)C2. The molecule has 1 N–H and O–H groups in total. The zero-order valence-corrected chi connectivity index (χ0v) is 13.6. The molecule has 5 heteroatoms. The fourth-order valence-corrected chi connectivity index (χ4v) is 5.48. The second-order valence-corrected chi connectivity index (χ2v) is 7.87. The molecule has 0 unspecified atom stereocenters. The molecule has 24 heavy (non-hydrogen) atoms. The van der Waals surface area contributed by atoms with Gasteiger partial charge in [0.05, 0.1) is 4.92 Å². The molecule has 0 radical (unpaired) electrons. The van der Waals surface area contributed by atoms with E-state index in [1.807, 2.05) is 0 Å². The number of rotatable bonds is 4. The Hall–Kier alpha value is -2.17. The molecule has 0 spiro atoms. The van der Waals surface area contributed by atoms with Crippen LogP contribution >= 0.6 is 0 Å². The Morgan fingerprint density at radius 3 is 2.38 bits per heavy atom. The van der Waals surface area contributed by atoms with Crippen LogP contribution in [0.2, 0.25) is 0 Å². The van der Waals surface area contributed by atoms with Gasteiger partial charge in [0.15, 0.2) is 0 Å². The zero-order chi connectivity index (χ0) is 16.7. The van der Waals surface area contributed by atoms with E-state index >= 15 is 0 Å². The Bertz CT molecular complexity index is 675. The summed E-state index contributed by atoms with van der Waals surface area (Å²) in [6, 6.07) is 6.33. The number of amides is 1. The van der Waals surface area contributed by atoms with Crippen LogP contribution in [0, 0.1) is 27.9 Å². The molecule has 1 amide bonds. The molecule has 126 valence electrons. The minimum atomic E-state index is -0.424. The standard InChI is InChI=1S/C19H22N2O3/c22-18(5-4-13-2-1-3-17(9-13)21(23)24)20-19-10-14-6-15(11-19)8-16(7-14)12-19/h1-5,9,14-16H,6-8,10-12H2,(H,20,22)/b5-4+. The highest BCUT2D eigenvalue weighted by Gasteiger charge is 2.51. The summed E-state index contributed by atoms with van der Waals surface area (Å²) < 4.78 is 0. The van der Waals surface area contributed by atoms with E-state index in [-0.39, 0.29) is 17.1 Å². The Morgan fingerprint density at radius 2 is 1.79 bits per heavy atom. The number of nitrogens with zero attached hydrogens (tertiary/aromatic N) is 1. The van der Waals surface area contributed by atoms with Crippen LogP contribution in [0.4, 0.5) is 5.69 Å². The topological polar surface area (TPSA) is 72.2 Å². The first-order valence-electron chi connectivity index (χ1n) is 8.76. The molecule has 5 nitrogen and oxygen atoms in total. The van der Waals surface area contributed by atoms with Crippen molar-refractivity contribution in [2.45, 2.75) is 44.1 Å². The summed E-state index contributed by atoms with van der Waals surface area (Å²) in [4.78, 5) is 22.8. The van der Waals surface area contributed by atoms with Crippen molar-refractivity contribution < 1.29 is 9.72 Å². The van der Waals surface area contributed by atoms with Crippen molar-refractivity contribution in [1.29, 1.82) is 0 Å². The summed E-state index contributed by atoms with van der Waals surface area (Å²) in [5, 5.41) is 14.1. The number of nitro benzene ring substituents is 1. The third-order valence-corrected chi connectivity index (χ3v) is 5.93. The number of hydrogen-bond donors (Lipinski definition) is 1. The maximum Gasteiger partial charge on any atom is 0.270 e. The van der Waals surface area contributed by atoms with Gasteiger partial charge in [0.1, 0.15) is 0 Å². The molecule has 4 saturated carbocycles. The maximum atomic E-state index is 12.4. The molecule has 0 heterocycles. The number of nitro groups is 1. The van der Waals surface area contributed by atoms with Crippen molar-refractivity contribution in [3.63, 3.8) is 0 Å². The summed E-state index contributed by atoms with van der Waals surface area (Å²) in [7, 11) is 0. The molecule has 5 rings (SSSR count). The van der Waals surface area contributed by atoms with Gasteiger partial charge in [-0.3, -0.25) is 14.9 Å². The van der Waals surface area contributed by atoms with Gasteiger partial charge >= 0.3 is 0 Å². The van der Waals surface area contributed by atoms with Crippen molar-refractivity contribution in [3.8, 4) is 0 Å². The fraction of sp³-hybridized carbons (Fsp3) is 0.526. The number of carbonyl (C=O) groups is 1. The van der Waals surface area contributed by atoms with Gasteiger partial charge < -0.3 is 5.32 Å². The number of carbonyl (C=O) groups excluding carboxylic acids is 1. The molecule has 1 aromatic rings. The van der Waals surface area contributed by atoms with Gasteiger partial charge in [0, 0.05) is 23.7 Å². The van der Waals surface area contributed by atoms with Crippen LogP contribution in [0.5, 0.6) is 0 Å². The minimum absolute atomic E-state index is 0.00113. The average Bonchev–Trinajstić information content (AvgIpc) is 2.51. The number of benzene rings is 1. The highest BCUT2D eigenvalue weighted by Crippen LogP contribution is 2.55. The summed E-state index contributed by atoms with van der Waals surface area (Å²) >= 11 is 0. The molecule has 1 aromatic carbocycles. The van der Waals surface area contributed by atoms with Crippen molar-refractivity contribution in [1.82, 2.24) is 5.32 Å². The van der Waals surface area contributed by atoms with Crippen molar-refractivity contribution in [2.24, 2.45) is 17.8 Å². The first kappa shape index (κ1) is 15.4. The van der Waals surface area contributed by atoms with Crippen molar-refractivity contribution in [2.75, 3.05) is 0 Å². The zero-order valence-electron chi connectivity index (χ0n) is 13.6. The van der Waals surface area contributed by atoms with E-state index < -0.39 is 4.92 Å². The molecule has 0 aromatic heterocycles. The first-order valence-corrected chi connectivity index (χ1v) is 8.76. The lowest BCUT2D eigenvalue weighted by Crippen LogP contribution is -2.59. The largest absolute Gasteiger partial charge is 0.347 e. The molecular weight excluding hydrogens is 304 g/mol. The van der Waals surface area contributed by atoms with Gasteiger partial charge in [-0.2, -0.15) is 0 Å². The lowest BCUT2D eigenvalue weighted by molar-refractivity contribution is -0.384. The second kappa shape index (κ2) is 5.72. The third-order valence-electron chi connectivity index (χ3n) is 5.93. The highest BCUT2D eigenvalue weighted by molar-refractivity contribution is 5.92. The van der Waals surface area contributed by atoms with Gasteiger partial charge in [-0.15, -0.1) is 0 Å². The summed E-state index contributed by atoms with van der Waals surface area (Å²) in [5.41, 5.74) is 0.710. The monoisotopic (exact) mass is 326 g/mol. The lowest BCUT2D eigenvalue weighted by atomic mass is 9.53. The first-order chi connectivity index (χ1) is 11.5. The molecular formula is C19H22N2O3. The Balaban J connectivity index is 1.43. The quantitative estimate of drug-likeness (QED) is 0.521. The normalized spacial score (nSPS) is 33.8. The van der Waals surface area contributed by atoms with Crippen molar-refractivity contribution in [3.05, 3.63) is 46.0 Å². The highest BCUT2D eigenvalue weighted by atomic mass is 16.6. The molecule has 0 aliphatic heterocycles. The van der Waals surface area contributed by atoms with E-state index in [0.717, 1.165) is 37.0 Å². The number of non-ortho nitro benzene ring substituents is 1. The molecule has 4 aliphatic rings. The molecule has 0 saturated heterocycles. The maximum absolute atomic E-state index is 12.4. The van der Waals surface area contributed by atoms with E-state index in [1.54, 1.807) is 18.2 Å². The predicted octanol–water partition coefficient (Wildman–Crippen LogP) is 3.69. The van der Waals surface area contributed by atoms with E-state index in [9.17, 15) is 14.9 Å². The van der Waals surface area contributed by atoms with Crippen LogP contribution in [0.25, 0.3) is 6.08 Å². The van der Waals surface area contributed by atoms with E-state index in [1.165, 1.54) is 37.5 Å². The Labute approximate surface area is 141 Å². The molecule has 4 bridgehead atoms. The lowest BCUT2D eigenvalue weighted by Gasteiger charge is -2.56. The average molecular weight is 326 g/mol. The summed E-state index contributed by atoms with van der Waals surface area (Å²) in [6.07, 6.45) is 10.6. The molecule has 4 fully saturated rings. The van der Waals surface area contributed by atoms with Crippen LogP contribution in [-0.2, 0) is 4.79 Å². The third kappa shape index (κ3) is 2.95. The van der Waals surface area contributed by atoms with Crippen LogP contribution in [-0.4, -0.2) is 16.4 Å². The van der Waals surface area contributed by atoms with Crippen molar-refractivity contribution >= 4 is 17.7 Å². The fourth-order valence-electron chi connectivity index (χ4n) is 5.48. The van der Waals surface area contributed by atoms with Gasteiger partial charge in [0.25, 0.3) is 5.69 Å². The number of nitrogens with one attached hydrogen (secondary N) is 1. The van der Waals surface area contributed by atoms with E-state index in [4.69, 9.17) is 0 Å². The van der Waals surface area contributed by atoms with Gasteiger partial charge in [-0.1, -0.05) is 12.1 Å². The summed E-state index contributed by atoms with van der Waals surface area (Å²) in [6.45, 7) is 0. The van der Waals surface area contributed by atoms with Gasteiger partial charge in [-0.05, 0) is 67.9 Å². The smallest absolute Gasteiger partial charge is 0.270 e. The van der Waals surface area contributed by atoms with Crippen LogP contribution in [0.3, 0.4) is 0 Å². The van der Waals surface area contributed by atoms with E-state index in [2.05, 4.69) is 5.32 Å². The Kier molecular flexibility index (Phi) is 3.66. The summed E-state index contributed by atoms with van der Waals surface area (Å²) in [5.74, 6) is 2.29. The van der Waals surface area contributed by atoms with Crippen LogP contribution in [0.1, 0.15) is 44.1 Å². The minimum Gasteiger partial charge on any atom is -0.347 e. The second-order valence-electron chi connectivity index (χ2n) is 7.87. The Morgan fingerprint density at radius 1 is 1.17 bits per heavy atom. The van der Waals surface area contributed by atoms with Gasteiger partial charge in [-0.25, -0.2) is 0 Å². The van der Waals surface area contributed by atoms with Crippen LogP contribution in [0.15, 0.2) is 30.3 Å². The van der Waals surface area contributed by atoms with Gasteiger partial charge in [0.2, 0.25) is 5.91 Å². The molecule has 4 aliphatic carbocycles. The van der Waals surface area contributed by atoms with E-state index in [0.29, 0.717) is 5.56 Å².